The van der Waals surface area contributed by atoms with Gasteiger partial charge in [-0.25, -0.2) is 4.79 Å². The van der Waals surface area contributed by atoms with Gasteiger partial charge in [0.2, 0.25) is 0 Å². The first-order chi connectivity index (χ1) is 9.22. The molecule has 19 heavy (non-hydrogen) atoms. The Kier molecular flexibility index (Phi) is 4.88. The first-order valence-corrected chi connectivity index (χ1v) is 7.09. The minimum absolute atomic E-state index is 0.344. The van der Waals surface area contributed by atoms with Crippen molar-refractivity contribution in [1.29, 1.82) is 0 Å². The number of nitrogens with zero attached hydrogens (tertiary/aromatic N) is 1. The van der Waals surface area contributed by atoms with Crippen LogP contribution in [0.1, 0.15) is 49.0 Å². The third kappa shape index (κ3) is 3.52. The highest BCUT2D eigenvalue weighted by Crippen LogP contribution is 2.26. The molecule has 1 fully saturated rings. The molecule has 1 aromatic rings. The Morgan fingerprint density at radius 3 is 2.63 bits per heavy atom. The Morgan fingerprint density at radius 2 is 2.00 bits per heavy atom. The van der Waals surface area contributed by atoms with Gasteiger partial charge in [0.05, 0.1) is 13.7 Å². The lowest BCUT2D eigenvalue weighted by Crippen LogP contribution is -2.14. The van der Waals surface area contributed by atoms with Crippen LogP contribution in [-0.4, -0.2) is 24.3 Å². The lowest BCUT2D eigenvalue weighted by molar-refractivity contribution is 0.0583. The molecule has 1 aliphatic rings. The van der Waals surface area contributed by atoms with Crippen molar-refractivity contribution in [1.82, 2.24) is 4.57 Å². The van der Waals surface area contributed by atoms with Gasteiger partial charge in [-0.2, -0.15) is 0 Å². The van der Waals surface area contributed by atoms with Crippen molar-refractivity contribution >= 4 is 5.97 Å². The van der Waals surface area contributed by atoms with Gasteiger partial charge in [0.1, 0.15) is 0 Å². The van der Waals surface area contributed by atoms with E-state index in [1.807, 2.05) is 19.3 Å². The Hall–Kier alpha value is -1.45. The molecule has 4 heteroatoms. The maximum absolute atomic E-state index is 11.7. The first kappa shape index (κ1) is 14.0. The van der Waals surface area contributed by atoms with Crippen LogP contribution in [0, 0.1) is 5.92 Å². The van der Waals surface area contributed by atoms with Crippen molar-refractivity contribution in [2.45, 2.75) is 38.5 Å². The summed E-state index contributed by atoms with van der Waals surface area (Å²) in [6.07, 6.45) is 9.58. The summed E-state index contributed by atoms with van der Waals surface area (Å²) in [5.74, 6) is 0.912. The number of methoxy groups -OCH3 is 1. The van der Waals surface area contributed by atoms with Crippen molar-refractivity contribution in [2.24, 2.45) is 13.0 Å². The van der Waals surface area contributed by atoms with Gasteiger partial charge in [0.25, 0.3) is 0 Å². The van der Waals surface area contributed by atoms with Crippen LogP contribution < -0.4 is 4.74 Å². The molecule has 0 aromatic carbocycles. The molecule has 0 N–H and O–H groups in total. The highest BCUT2D eigenvalue weighted by molar-refractivity contribution is 5.90. The van der Waals surface area contributed by atoms with E-state index < -0.39 is 0 Å². The van der Waals surface area contributed by atoms with Gasteiger partial charge >= 0.3 is 5.97 Å². The van der Waals surface area contributed by atoms with E-state index in [0.717, 1.165) is 0 Å². The fourth-order valence-corrected chi connectivity index (χ4v) is 2.70. The minimum Gasteiger partial charge on any atom is -0.491 e. The van der Waals surface area contributed by atoms with E-state index in [1.165, 1.54) is 45.6 Å². The van der Waals surface area contributed by atoms with Gasteiger partial charge < -0.3 is 14.0 Å². The second-order valence-corrected chi connectivity index (χ2v) is 5.30. The molecule has 0 amide bonds. The molecule has 0 atom stereocenters. The molecule has 0 aliphatic heterocycles. The van der Waals surface area contributed by atoms with Crippen molar-refractivity contribution in [3.8, 4) is 5.75 Å². The quantitative estimate of drug-likeness (QED) is 0.620. The zero-order valence-electron chi connectivity index (χ0n) is 11.9. The fourth-order valence-electron chi connectivity index (χ4n) is 2.70. The Labute approximate surface area is 114 Å². The standard InChI is InChI=1S/C15H23NO3/c1-16-10-9-13(14(16)15(17)18-2)19-11-12-7-5-3-4-6-8-12/h9-10,12H,3-8,11H2,1-2H3. The fraction of sp³-hybridized carbons (Fsp3) is 0.667. The summed E-state index contributed by atoms with van der Waals surface area (Å²) in [6, 6.07) is 1.84. The molecular weight excluding hydrogens is 242 g/mol. The van der Waals surface area contributed by atoms with Crippen LogP contribution in [0.4, 0.5) is 0 Å². The van der Waals surface area contributed by atoms with E-state index in [1.54, 1.807) is 4.57 Å². The molecule has 4 nitrogen and oxygen atoms in total. The lowest BCUT2D eigenvalue weighted by Gasteiger charge is -2.15. The number of aryl methyl sites for hydroxylation is 1. The highest BCUT2D eigenvalue weighted by atomic mass is 16.5. The zero-order chi connectivity index (χ0) is 13.7. The first-order valence-electron chi connectivity index (χ1n) is 7.09. The van der Waals surface area contributed by atoms with Crippen LogP contribution in [0.5, 0.6) is 5.75 Å². The normalized spacial score (nSPS) is 16.9. The van der Waals surface area contributed by atoms with Crippen LogP contribution in [0.2, 0.25) is 0 Å². The number of rotatable bonds is 4. The minimum atomic E-state index is -0.344. The van der Waals surface area contributed by atoms with E-state index >= 15 is 0 Å². The molecule has 106 valence electrons. The summed E-state index contributed by atoms with van der Waals surface area (Å²) in [7, 11) is 3.22. The van der Waals surface area contributed by atoms with Crippen LogP contribution in [-0.2, 0) is 11.8 Å². The second-order valence-electron chi connectivity index (χ2n) is 5.30. The molecule has 1 saturated carbocycles. The third-order valence-corrected chi connectivity index (χ3v) is 3.86. The zero-order valence-corrected chi connectivity index (χ0v) is 11.9. The van der Waals surface area contributed by atoms with Crippen molar-refractivity contribution in [3.63, 3.8) is 0 Å². The van der Waals surface area contributed by atoms with Crippen LogP contribution in [0.25, 0.3) is 0 Å². The maximum Gasteiger partial charge on any atom is 0.358 e. The number of ether oxygens (including phenoxy) is 2. The van der Waals surface area contributed by atoms with E-state index in [0.29, 0.717) is 24.0 Å². The number of carbonyl (C=O) groups excluding carboxylic acids is 1. The molecular formula is C15H23NO3. The maximum atomic E-state index is 11.7. The molecule has 0 saturated heterocycles. The van der Waals surface area contributed by atoms with E-state index in [4.69, 9.17) is 9.47 Å². The predicted molar refractivity (Wildman–Crippen MR) is 73.4 cm³/mol. The monoisotopic (exact) mass is 265 g/mol. The molecule has 0 unspecified atom stereocenters. The van der Waals surface area contributed by atoms with Crippen LogP contribution in [0.3, 0.4) is 0 Å². The lowest BCUT2D eigenvalue weighted by atomic mass is 10.0. The Morgan fingerprint density at radius 1 is 1.32 bits per heavy atom. The van der Waals surface area contributed by atoms with Gasteiger partial charge in [0, 0.05) is 13.2 Å². The molecule has 0 radical (unpaired) electrons. The second kappa shape index (κ2) is 6.64. The average molecular weight is 265 g/mol. The molecule has 0 bridgehead atoms. The third-order valence-electron chi connectivity index (χ3n) is 3.86. The largest absolute Gasteiger partial charge is 0.491 e. The van der Waals surface area contributed by atoms with Crippen molar-refractivity contribution < 1.29 is 14.3 Å². The number of hydrogen-bond acceptors (Lipinski definition) is 3. The highest BCUT2D eigenvalue weighted by Gasteiger charge is 2.19. The summed E-state index contributed by atoms with van der Waals surface area (Å²) in [6.45, 7) is 0.702. The molecule has 2 rings (SSSR count). The van der Waals surface area contributed by atoms with Gasteiger partial charge in [-0.05, 0) is 24.8 Å². The molecule has 1 aliphatic carbocycles. The van der Waals surface area contributed by atoms with E-state index in [9.17, 15) is 4.79 Å². The van der Waals surface area contributed by atoms with Crippen molar-refractivity contribution in [2.75, 3.05) is 13.7 Å². The molecule has 0 spiro atoms. The summed E-state index contributed by atoms with van der Waals surface area (Å²) >= 11 is 0. The Balaban J connectivity index is 1.97. The summed E-state index contributed by atoms with van der Waals surface area (Å²) < 4.78 is 12.4. The van der Waals surface area contributed by atoms with Gasteiger partial charge in [-0.15, -0.1) is 0 Å². The number of carbonyl (C=O) groups is 1. The van der Waals surface area contributed by atoms with Gasteiger partial charge in [0.15, 0.2) is 11.4 Å². The summed E-state index contributed by atoms with van der Waals surface area (Å²) in [5.41, 5.74) is 0.496. The molecule has 1 heterocycles. The topological polar surface area (TPSA) is 40.5 Å². The number of hydrogen-bond donors (Lipinski definition) is 0. The Bertz CT molecular complexity index is 417. The number of esters is 1. The summed E-state index contributed by atoms with van der Waals surface area (Å²) in [5, 5.41) is 0. The van der Waals surface area contributed by atoms with Gasteiger partial charge in [-0.3, -0.25) is 0 Å². The van der Waals surface area contributed by atoms with Crippen LogP contribution >= 0.6 is 0 Å². The summed E-state index contributed by atoms with van der Waals surface area (Å²) in [4.78, 5) is 11.7. The van der Waals surface area contributed by atoms with Crippen molar-refractivity contribution in [3.05, 3.63) is 18.0 Å². The predicted octanol–water partition coefficient (Wildman–Crippen LogP) is 3.16. The van der Waals surface area contributed by atoms with E-state index in [2.05, 4.69) is 0 Å². The average Bonchev–Trinajstić information content (AvgIpc) is 2.64. The SMILES string of the molecule is COC(=O)c1c(OCC2CCCCCC2)ccn1C. The van der Waals surface area contributed by atoms with Gasteiger partial charge in [-0.1, -0.05) is 25.7 Å². The van der Waals surface area contributed by atoms with Crippen LogP contribution in [0.15, 0.2) is 12.3 Å². The van der Waals surface area contributed by atoms with E-state index in [-0.39, 0.29) is 5.97 Å². The number of aromatic nitrogens is 1. The smallest absolute Gasteiger partial charge is 0.358 e. The molecule has 1 aromatic heterocycles.